The van der Waals surface area contributed by atoms with E-state index in [2.05, 4.69) is 46.3 Å². The summed E-state index contributed by atoms with van der Waals surface area (Å²) in [7, 11) is 7.11. The number of rotatable bonds is 8. The standard InChI is InChI=1S/C27H35BrN4O4/c1-9-36-23-12-17-14-32(25(30-28)18(17)13-19(23)26(34)29-5)15-22(33)16-10-20(27(2,3)4)24(35-8)21(11-16)31(6)7/h10-13H,9,14-15H2,1-8H3,(H,29,34)/b30-25-. The van der Waals surface area contributed by atoms with Crippen molar-refractivity contribution in [2.24, 2.45) is 4.02 Å². The summed E-state index contributed by atoms with van der Waals surface area (Å²) in [5, 5.41) is 2.66. The van der Waals surface area contributed by atoms with Gasteiger partial charge in [-0.3, -0.25) is 9.59 Å². The van der Waals surface area contributed by atoms with Crippen LogP contribution < -0.4 is 19.7 Å². The molecule has 0 unspecified atom stereocenters. The van der Waals surface area contributed by atoms with E-state index in [-0.39, 0.29) is 23.7 Å². The van der Waals surface area contributed by atoms with Crippen molar-refractivity contribution in [3.63, 3.8) is 0 Å². The van der Waals surface area contributed by atoms with Crippen LogP contribution in [-0.2, 0) is 12.0 Å². The molecular weight excluding hydrogens is 524 g/mol. The lowest BCUT2D eigenvalue weighted by molar-refractivity contribution is 0.0953. The number of anilines is 1. The van der Waals surface area contributed by atoms with Gasteiger partial charge in [-0.25, -0.2) is 0 Å². The maximum absolute atomic E-state index is 13.6. The third kappa shape index (κ3) is 5.36. The van der Waals surface area contributed by atoms with Gasteiger partial charge in [0.05, 0.1) is 47.7 Å². The van der Waals surface area contributed by atoms with Crippen LogP contribution in [0, 0.1) is 0 Å². The molecule has 36 heavy (non-hydrogen) atoms. The number of benzene rings is 2. The fraction of sp³-hybridized carbons (Fsp3) is 0.444. The van der Waals surface area contributed by atoms with Gasteiger partial charge in [0.1, 0.15) is 17.3 Å². The first-order valence-corrected chi connectivity index (χ1v) is 12.6. The molecule has 3 rings (SSSR count). The zero-order valence-electron chi connectivity index (χ0n) is 22.3. The minimum atomic E-state index is -0.242. The number of halogens is 1. The van der Waals surface area contributed by atoms with Gasteiger partial charge in [0, 0.05) is 44.4 Å². The molecule has 0 atom stereocenters. The Hall–Kier alpha value is -3.07. The average molecular weight is 560 g/mol. The van der Waals surface area contributed by atoms with Gasteiger partial charge < -0.3 is 24.6 Å². The molecule has 1 aliphatic heterocycles. The van der Waals surface area contributed by atoms with Crippen LogP contribution in [0.4, 0.5) is 5.69 Å². The van der Waals surface area contributed by atoms with E-state index in [9.17, 15) is 9.59 Å². The number of carbonyl (C=O) groups excluding carboxylic acids is 2. The summed E-state index contributed by atoms with van der Waals surface area (Å²) in [6.07, 6.45) is 0. The Balaban J connectivity index is 1.99. The summed E-state index contributed by atoms with van der Waals surface area (Å²) in [5.41, 5.74) is 4.37. The molecule has 194 valence electrons. The lowest BCUT2D eigenvalue weighted by atomic mass is 9.84. The van der Waals surface area contributed by atoms with E-state index >= 15 is 0 Å². The van der Waals surface area contributed by atoms with Gasteiger partial charge in [-0.1, -0.05) is 20.8 Å². The Bertz CT molecular complexity index is 1200. The number of hydrogen-bond acceptors (Lipinski definition) is 6. The third-order valence-electron chi connectivity index (χ3n) is 6.18. The topological polar surface area (TPSA) is 83.5 Å². The highest BCUT2D eigenvalue weighted by molar-refractivity contribution is 9.08. The molecule has 0 saturated carbocycles. The molecule has 1 aliphatic rings. The van der Waals surface area contributed by atoms with Crippen molar-refractivity contribution in [2.75, 3.05) is 46.3 Å². The lowest BCUT2D eigenvalue weighted by Gasteiger charge is -2.27. The number of fused-ring (bicyclic) bond motifs is 1. The molecule has 9 heteroatoms. The van der Waals surface area contributed by atoms with E-state index < -0.39 is 0 Å². The van der Waals surface area contributed by atoms with Gasteiger partial charge in [-0.2, -0.15) is 4.02 Å². The molecule has 0 radical (unpaired) electrons. The van der Waals surface area contributed by atoms with Gasteiger partial charge in [-0.15, -0.1) is 0 Å². The van der Waals surface area contributed by atoms with E-state index in [1.165, 1.54) is 0 Å². The van der Waals surface area contributed by atoms with Crippen molar-refractivity contribution in [3.05, 3.63) is 52.1 Å². The van der Waals surface area contributed by atoms with Crippen LogP contribution in [0.5, 0.6) is 11.5 Å². The summed E-state index contributed by atoms with van der Waals surface area (Å²) in [4.78, 5) is 29.9. The Kier molecular flexibility index (Phi) is 8.33. The lowest BCUT2D eigenvalue weighted by Crippen LogP contribution is -2.31. The van der Waals surface area contributed by atoms with Crippen molar-refractivity contribution in [1.82, 2.24) is 10.2 Å². The number of nitrogens with one attached hydrogen (secondary N) is 1. The number of Topliss-reactive ketones (excluding diaryl/α,β-unsaturated/α-hetero) is 1. The second-order valence-electron chi connectivity index (χ2n) is 9.93. The first-order chi connectivity index (χ1) is 17.0. The van der Waals surface area contributed by atoms with Crippen LogP contribution in [0.1, 0.15) is 65.1 Å². The van der Waals surface area contributed by atoms with Crippen molar-refractivity contribution < 1.29 is 19.1 Å². The summed E-state index contributed by atoms with van der Waals surface area (Å²) >= 11 is 3.23. The van der Waals surface area contributed by atoms with Gasteiger partial charge in [0.2, 0.25) is 0 Å². The monoisotopic (exact) mass is 558 g/mol. The summed E-state index contributed by atoms with van der Waals surface area (Å²) in [5.74, 6) is 1.60. The maximum atomic E-state index is 13.6. The van der Waals surface area contributed by atoms with E-state index in [0.717, 1.165) is 28.1 Å². The number of ketones is 1. The SMILES string of the molecule is CCOc1cc2c(cc1C(=O)NC)/C(=N/Br)N(CC(=O)c1cc(N(C)C)c(OC)c(C(C)(C)C)c1)C2. The van der Waals surface area contributed by atoms with Crippen LogP contribution in [0.15, 0.2) is 28.3 Å². The fourth-order valence-corrected chi connectivity index (χ4v) is 4.79. The molecule has 1 N–H and O–H groups in total. The molecule has 0 fully saturated rings. The quantitative estimate of drug-likeness (QED) is 0.478. The molecule has 1 amide bonds. The van der Waals surface area contributed by atoms with Crippen molar-refractivity contribution in [1.29, 1.82) is 0 Å². The van der Waals surface area contributed by atoms with Crippen molar-refractivity contribution >= 4 is 39.4 Å². The number of nitrogens with zero attached hydrogens (tertiary/aromatic N) is 3. The van der Waals surface area contributed by atoms with E-state index in [1.54, 1.807) is 20.2 Å². The highest BCUT2D eigenvalue weighted by Crippen LogP contribution is 2.40. The van der Waals surface area contributed by atoms with Gasteiger partial charge in [-0.05, 0) is 42.2 Å². The normalized spacial score (nSPS) is 14.0. The molecule has 2 aromatic rings. The van der Waals surface area contributed by atoms with E-state index in [4.69, 9.17) is 9.47 Å². The minimum Gasteiger partial charge on any atom is -0.494 e. The highest BCUT2D eigenvalue weighted by atomic mass is 79.9. The van der Waals surface area contributed by atoms with Crippen LogP contribution in [0.3, 0.4) is 0 Å². The Labute approximate surface area is 222 Å². The van der Waals surface area contributed by atoms with Gasteiger partial charge >= 0.3 is 0 Å². The van der Waals surface area contributed by atoms with Crippen LogP contribution in [-0.4, -0.2) is 63.8 Å². The summed E-state index contributed by atoms with van der Waals surface area (Å²) in [6.45, 7) is 9.22. The summed E-state index contributed by atoms with van der Waals surface area (Å²) in [6, 6.07) is 7.45. The first kappa shape index (κ1) is 27.5. The number of hydrogen-bond donors (Lipinski definition) is 1. The number of carbonyl (C=O) groups is 2. The fourth-order valence-electron chi connectivity index (χ4n) is 4.37. The minimum absolute atomic E-state index is 0.0377. The number of ether oxygens (including phenoxy) is 2. The average Bonchev–Trinajstić information content (AvgIpc) is 3.17. The predicted molar refractivity (Wildman–Crippen MR) is 147 cm³/mol. The molecule has 0 bridgehead atoms. The third-order valence-corrected chi connectivity index (χ3v) is 6.51. The van der Waals surface area contributed by atoms with Gasteiger partial charge in [0.25, 0.3) is 5.91 Å². The smallest absolute Gasteiger partial charge is 0.254 e. The van der Waals surface area contributed by atoms with E-state index in [0.29, 0.717) is 35.9 Å². The Morgan fingerprint density at radius 1 is 1.19 bits per heavy atom. The molecule has 0 aromatic heterocycles. The first-order valence-electron chi connectivity index (χ1n) is 11.9. The largest absolute Gasteiger partial charge is 0.494 e. The molecule has 1 heterocycles. The Morgan fingerprint density at radius 3 is 2.42 bits per heavy atom. The van der Waals surface area contributed by atoms with Crippen LogP contribution in [0.2, 0.25) is 0 Å². The highest BCUT2D eigenvalue weighted by Gasteiger charge is 2.31. The molecule has 0 spiro atoms. The molecule has 8 nitrogen and oxygen atoms in total. The zero-order valence-corrected chi connectivity index (χ0v) is 23.9. The molecule has 0 saturated heterocycles. The zero-order chi connectivity index (χ0) is 26.8. The number of amides is 1. The van der Waals surface area contributed by atoms with Gasteiger partial charge in [0.15, 0.2) is 5.78 Å². The molecule has 0 aliphatic carbocycles. The number of methoxy groups -OCH3 is 1. The molecule has 2 aromatic carbocycles. The second kappa shape index (κ2) is 10.9. The second-order valence-corrected chi connectivity index (χ2v) is 10.3. The Morgan fingerprint density at radius 2 is 1.89 bits per heavy atom. The van der Waals surface area contributed by atoms with Crippen LogP contribution >= 0.6 is 16.1 Å². The van der Waals surface area contributed by atoms with Crippen molar-refractivity contribution in [3.8, 4) is 11.5 Å². The predicted octanol–water partition coefficient (Wildman–Crippen LogP) is 4.57. The van der Waals surface area contributed by atoms with Crippen molar-refractivity contribution in [2.45, 2.75) is 39.7 Å². The summed E-state index contributed by atoms with van der Waals surface area (Å²) < 4.78 is 15.8. The number of amidine groups is 1. The maximum Gasteiger partial charge on any atom is 0.254 e. The molecular formula is C27H35BrN4O4. The van der Waals surface area contributed by atoms with Crippen LogP contribution in [0.25, 0.3) is 0 Å². The van der Waals surface area contributed by atoms with E-state index in [1.807, 2.05) is 49.0 Å².